The second-order valence-electron chi connectivity index (χ2n) is 4.29. The summed E-state index contributed by atoms with van der Waals surface area (Å²) in [4.78, 5) is 21.1. The summed E-state index contributed by atoms with van der Waals surface area (Å²) < 4.78 is 16.8. The standard InChI is InChI=1S/C13H20NO4P/c1-2-18-13(15)8-9-19(16,17)12(14)10-11-6-4-3-5-7-11/h3-7,12H,2,8-10,14H2,1H3,(H,16,17). The minimum atomic E-state index is -3.55. The predicted octanol–water partition coefficient (Wildman–Crippen LogP) is 1.74. The number of carbonyl (C=O) groups is 1. The van der Waals surface area contributed by atoms with Crippen molar-refractivity contribution in [1.82, 2.24) is 0 Å². The van der Waals surface area contributed by atoms with Crippen LogP contribution < -0.4 is 5.73 Å². The number of benzene rings is 1. The Kier molecular flexibility index (Phi) is 6.22. The Balaban J connectivity index is 2.52. The molecule has 5 nitrogen and oxygen atoms in total. The molecule has 3 N–H and O–H groups in total. The number of ether oxygens (including phenoxy) is 1. The number of hydrogen-bond donors (Lipinski definition) is 2. The number of rotatable bonds is 7. The van der Waals surface area contributed by atoms with Crippen LogP contribution in [0.15, 0.2) is 30.3 Å². The van der Waals surface area contributed by atoms with E-state index in [1.54, 1.807) is 6.92 Å². The molecule has 1 rings (SSSR count). The molecule has 0 saturated carbocycles. The van der Waals surface area contributed by atoms with Gasteiger partial charge in [-0.25, -0.2) is 0 Å². The van der Waals surface area contributed by atoms with E-state index in [-0.39, 0.29) is 19.2 Å². The van der Waals surface area contributed by atoms with E-state index in [0.29, 0.717) is 6.42 Å². The van der Waals surface area contributed by atoms with Crippen LogP contribution in [0.1, 0.15) is 18.9 Å². The van der Waals surface area contributed by atoms with Gasteiger partial charge in [0.2, 0.25) is 7.37 Å². The molecule has 0 aliphatic carbocycles. The Labute approximate surface area is 113 Å². The smallest absolute Gasteiger partial charge is 0.306 e. The number of hydrogen-bond acceptors (Lipinski definition) is 4. The molecule has 6 heteroatoms. The number of esters is 1. The highest BCUT2D eigenvalue weighted by Crippen LogP contribution is 2.45. The SMILES string of the molecule is CCOC(=O)CCP(=O)(O)C(N)Cc1ccccc1. The predicted molar refractivity (Wildman–Crippen MR) is 74.1 cm³/mol. The molecular formula is C13H20NO4P. The minimum Gasteiger partial charge on any atom is -0.466 e. The third kappa shape index (κ3) is 5.55. The molecule has 1 aromatic carbocycles. The van der Waals surface area contributed by atoms with Crippen molar-refractivity contribution in [1.29, 1.82) is 0 Å². The lowest BCUT2D eigenvalue weighted by molar-refractivity contribution is -0.142. The third-order valence-corrected chi connectivity index (χ3v) is 4.83. The lowest BCUT2D eigenvalue weighted by Gasteiger charge is -2.19. The van der Waals surface area contributed by atoms with E-state index in [1.807, 2.05) is 30.3 Å². The van der Waals surface area contributed by atoms with Gasteiger partial charge in [-0.2, -0.15) is 0 Å². The fourth-order valence-corrected chi connectivity index (χ4v) is 2.98. The lowest BCUT2D eigenvalue weighted by Crippen LogP contribution is -2.25. The summed E-state index contributed by atoms with van der Waals surface area (Å²) in [5.41, 5.74) is 6.68. The molecule has 0 heterocycles. The van der Waals surface area contributed by atoms with E-state index in [4.69, 9.17) is 10.5 Å². The van der Waals surface area contributed by atoms with Crippen LogP contribution in [-0.4, -0.2) is 29.4 Å². The van der Waals surface area contributed by atoms with E-state index >= 15 is 0 Å². The van der Waals surface area contributed by atoms with Crippen molar-refractivity contribution in [2.24, 2.45) is 5.73 Å². The van der Waals surface area contributed by atoms with Gasteiger partial charge < -0.3 is 15.4 Å². The molecule has 2 atom stereocenters. The lowest BCUT2D eigenvalue weighted by atomic mass is 10.1. The molecule has 0 radical (unpaired) electrons. The van der Waals surface area contributed by atoms with Crippen molar-refractivity contribution in [2.75, 3.05) is 12.8 Å². The molecule has 0 aliphatic rings. The molecule has 0 saturated heterocycles. The van der Waals surface area contributed by atoms with E-state index in [1.165, 1.54) is 0 Å². The third-order valence-electron chi connectivity index (χ3n) is 2.75. The van der Waals surface area contributed by atoms with Crippen molar-refractivity contribution >= 4 is 13.3 Å². The highest BCUT2D eigenvalue weighted by molar-refractivity contribution is 7.58. The summed E-state index contributed by atoms with van der Waals surface area (Å²) in [7, 11) is -3.55. The molecule has 106 valence electrons. The van der Waals surface area contributed by atoms with Gasteiger partial charge in [0.1, 0.15) is 0 Å². The number of carbonyl (C=O) groups excluding carboxylic acids is 1. The summed E-state index contributed by atoms with van der Waals surface area (Å²) >= 11 is 0. The number of nitrogens with two attached hydrogens (primary N) is 1. The summed E-state index contributed by atoms with van der Waals surface area (Å²) in [5.74, 6) is -1.33. The van der Waals surface area contributed by atoms with Crippen LogP contribution >= 0.6 is 7.37 Å². The van der Waals surface area contributed by atoms with Gasteiger partial charge in [0.25, 0.3) is 0 Å². The molecule has 19 heavy (non-hydrogen) atoms. The maximum atomic E-state index is 12.0. The molecular weight excluding hydrogens is 265 g/mol. The van der Waals surface area contributed by atoms with Gasteiger partial charge in [0.05, 0.1) is 18.8 Å². The van der Waals surface area contributed by atoms with Gasteiger partial charge in [0.15, 0.2) is 0 Å². The second-order valence-corrected chi connectivity index (χ2v) is 6.91. The Morgan fingerprint density at radius 3 is 2.63 bits per heavy atom. The first-order valence-electron chi connectivity index (χ1n) is 6.22. The monoisotopic (exact) mass is 285 g/mol. The van der Waals surface area contributed by atoms with Crippen LogP contribution in [0.5, 0.6) is 0 Å². The summed E-state index contributed by atoms with van der Waals surface area (Å²) in [6.45, 7) is 1.96. The molecule has 2 unspecified atom stereocenters. The maximum absolute atomic E-state index is 12.0. The molecule has 0 bridgehead atoms. The molecule has 0 aliphatic heterocycles. The normalized spacial score (nSPS) is 15.5. The van der Waals surface area contributed by atoms with Gasteiger partial charge in [-0.15, -0.1) is 0 Å². The average molecular weight is 285 g/mol. The summed E-state index contributed by atoms with van der Waals surface area (Å²) in [6, 6.07) is 9.27. The van der Waals surface area contributed by atoms with Crippen molar-refractivity contribution in [3.05, 3.63) is 35.9 Å². The van der Waals surface area contributed by atoms with Crippen LogP contribution in [0, 0.1) is 0 Å². The summed E-state index contributed by atoms with van der Waals surface area (Å²) in [5, 5.41) is 0. The van der Waals surface area contributed by atoms with Crippen molar-refractivity contribution in [3.63, 3.8) is 0 Å². The van der Waals surface area contributed by atoms with Crippen molar-refractivity contribution in [3.8, 4) is 0 Å². The zero-order valence-electron chi connectivity index (χ0n) is 11.0. The van der Waals surface area contributed by atoms with Gasteiger partial charge >= 0.3 is 5.97 Å². The Morgan fingerprint density at radius 2 is 2.05 bits per heavy atom. The van der Waals surface area contributed by atoms with Crippen LogP contribution in [-0.2, 0) is 20.5 Å². The van der Waals surface area contributed by atoms with Crippen LogP contribution in [0.2, 0.25) is 0 Å². The van der Waals surface area contributed by atoms with Crippen LogP contribution in [0.3, 0.4) is 0 Å². The van der Waals surface area contributed by atoms with Crippen LogP contribution in [0.25, 0.3) is 0 Å². The molecule has 0 spiro atoms. The minimum absolute atomic E-state index is 0.0793. The Hall–Kier alpha value is -1.16. The highest BCUT2D eigenvalue weighted by Gasteiger charge is 2.28. The van der Waals surface area contributed by atoms with Crippen LogP contribution in [0.4, 0.5) is 0 Å². The van der Waals surface area contributed by atoms with Gasteiger partial charge in [0, 0.05) is 6.16 Å². The zero-order chi connectivity index (χ0) is 14.3. The fourth-order valence-electron chi connectivity index (χ4n) is 1.65. The first-order valence-corrected chi connectivity index (χ1v) is 8.13. The Morgan fingerprint density at radius 1 is 1.42 bits per heavy atom. The first-order chi connectivity index (χ1) is 8.95. The van der Waals surface area contributed by atoms with E-state index in [2.05, 4.69) is 0 Å². The highest BCUT2D eigenvalue weighted by atomic mass is 31.2. The van der Waals surface area contributed by atoms with E-state index < -0.39 is 19.1 Å². The molecule has 1 aromatic rings. The summed E-state index contributed by atoms with van der Waals surface area (Å²) in [6.07, 6.45) is 0.0986. The quantitative estimate of drug-likeness (QED) is 0.588. The van der Waals surface area contributed by atoms with Gasteiger partial charge in [-0.05, 0) is 18.9 Å². The fraction of sp³-hybridized carbons (Fsp3) is 0.462. The second kappa shape index (κ2) is 7.43. The van der Waals surface area contributed by atoms with Crippen molar-refractivity contribution in [2.45, 2.75) is 25.5 Å². The van der Waals surface area contributed by atoms with Gasteiger partial charge in [-0.3, -0.25) is 9.36 Å². The molecule has 0 amide bonds. The van der Waals surface area contributed by atoms with Crippen molar-refractivity contribution < 1.29 is 19.0 Å². The Bertz CT molecular complexity index is 449. The maximum Gasteiger partial charge on any atom is 0.306 e. The largest absolute Gasteiger partial charge is 0.466 e. The van der Waals surface area contributed by atoms with Gasteiger partial charge in [-0.1, -0.05) is 30.3 Å². The average Bonchev–Trinajstić information content (AvgIpc) is 2.38. The first kappa shape index (κ1) is 15.9. The topological polar surface area (TPSA) is 89.6 Å². The zero-order valence-corrected chi connectivity index (χ0v) is 11.9. The van der Waals surface area contributed by atoms with E-state index in [9.17, 15) is 14.3 Å². The van der Waals surface area contributed by atoms with E-state index in [0.717, 1.165) is 5.56 Å². The molecule has 0 fully saturated rings. The molecule has 0 aromatic heterocycles.